The molecule has 0 radical (unpaired) electrons. The monoisotopic (exact) mass is 352 g/mol. The molecule has 1 heterocycles. The van der Waals surface area contributed by atoms with Gasteiger partial charge in [-0.2, -0.15) is 0 Å². The van der Waals surface area contributed by atoms with Crippen molar-refractivity contribution in [1.82, 2.24) is 0 Å². The molecule has 1 aliphatic rings. The molecule has 0 saturated carbocycles. The number of hydrogen-bond donors (Lipinski definition) is 1. The van der Waals surface area contributed by atoms with Gasteiger partial charge in [-0.3, -0.25) is 4.79 Å². The lowest BCUT2D eigenvalue weighted by molar-refractivity contribution is 0.102. The van der Waals surface area contributed by atoms with E-state index in [2.05, 4.69) is 36.2 Å². The van der Waals surface area contributed by atoms with E-state index in [1.165, 1.54) is 18.5 Å². The molecule has 0 aromatic heterocycles. The average Bonchev–Trinajstić information content (AvgIpc) is 2.68. The van der Waals surface area contributed by atoms with Gasteiger partial charge in [0.1, 0.15) is 5.75 Å². The maximum absolute atomic E-state index is 12.4. The minimum Gasteiger partial charge on any atom is -0.494 e. The molecule has 0 unspecified atom stereocenters. The van der Waals surface area contributed by atoms with Crippen LogP contribution in [0.5, 0.6) is 5.75 Å². The summed E-state index contributed by atoms with van der Waals surface area (Å²) in [6.45, 7) is 7.30. The van der Waals surface area contributed by atoms with Gasteiger partial charge in [-0.15, -0.1) is 0 Å². The van der Waals surface area contributed by atoms with Crippen LogP contribution in [-0.2, 0) is 0 Å². The van der Waals surface area contributed by atoms with Gasteiger partial charge in [-0.1, -0.05) is 13.8 Å². The third-order valence-electron chi connectivity index (χ3n) is 4.86. The number of nitrogens with one attached hydrogen (secondary N) is 1. The number of carbonyl (C=O) groups excluding carboxylic acids is 1. The first-order valence-electron chi connectivity index (χ1n) is 9.55. The molecule has 0 atom stereocenters. The molecular formula is C22H28N2O2. The highest BCUT2D eigenvalue weighted by atomic mass is 16.5. The van der Waals surface area contributed by atoms with E-state index in [1.54, 1.807) is 12.1 Å². The summed E-state index contributed by atoms with van der Waals surface area (Å²) in [4.78, 5) is 14.8. The summed E-state index contributed by atoms with van der Waals surface area (Å²) in [5.74, 6) is 1.51. The summed E-state index contributed by atoms with van der Waals surface area (Å²) in [6.07, 6.45) is 3.46. The van der Waals surface area contributed by atoms with E-state index in [0.717, 1.165) is 36.9 Å². The number of amides is 1. The Morgan fingerprint density at radius 1 is 1.08 bits per heavy atom. The van der Waals surface area contributed by atoms with Crippen molar-refractivity contribution in [3.63, 3.8) is 0 Å². The molecule has 2 aromatic carbocycles. The molecule has 138 valence electrons. The zero-order valence-corrected chi connectivity index (χ0v) is 15.7. The van der Waals surface area contributed by atoms with Crippen molar-refractivity contribution in [1.29, 1.82) is 0 Å². The number of nitrogens with zero attached hydrogens (tertiary/aromatic N) is 1. The first kappa shape index (κ1) is 18.3. The largest absolute Gasteiger partial charge is 0.494 e. The van der Waals surface area contributed by atoms with E-state index < -0.39 is 0 Å². The van der Waals surface area contributed by atoms with Gasteiger partial charge in [0.2, 0.25) is 0 Å². The summed E-state index contributed by atoms with van der Waals surface area (Å²) in [6, 6.07) is 15.4. The Labute approximate surface area is 156 Å². The van der Waals surface area contributed by atoms with Crippen LogP contribution < -0.4 is 15.0 Å². The average molecular weight is 352 g/mol. The second-order valence-electron chi connectivity index (χ2n) is 7.04. The number of piperidine rings is 1. The highest BCUT2D eigenvalue weighted by Gasteiger charge is 2.16. The van der Waals surface area contributed by atoms with Crippen molar-refractivity contribution in [3.05, 3.63) is 54.1 Å². The van der Waals surface area contributed by atoms with Gasteiger partial charge in [0.15, 0.2) is 0 Å². The van der Waals surface area contributed by atoms with Crippen molar-refractivity contribution in [2.24, 2.45) is 5.92 Å². The van der Waals surface area contributed by atoms with Gasteiger partial charge in [-0.05, 0) is 73.7 Å². The Bertz CT molecular complexity index is 702. The highest BCUT2D eigenvalue weighted by molar-refractivity contribution is 6.04. The molecule has 2 aromatic rings. The maximum atomic E-state index is 12.4. The number of carbonyl (C=O) groups is 1. The number of rotatable bonds is 6. The Hall–Kier alpha value is -2.49. The highest BCUT2D eigenvalue weighted by Crippen LogP contribution is 2.24. The lowest BCUT2D eigenvalue weighted by Gasteiger charge is -2.32. The van der Waals surface area contributed by atoms with Crippen LogP contribution in [0.4, 0.5) is 11.4 Å². The molecule has 0 spiro atoms. The third kappa shape index (κ3) is 4.78. The van der Waals surface area contributed by atoms with Gasteiger partial charge < -0.3 is 15.0 Å². The predicted octanol–water partition coefficient (Wildman–Crippen LogP) is 4.96. The van der Waals surface area contributed by atoms with Crippen LogP contribution in [0, 0.1) is 5.92 Å². The minimum atomic E-state index is -0.105. The zero-order valence-electron chi connectivity index (χ0n) is 15.7. The Morgan fingerprint density at radius 2 is 1.73 bits per heavy atom. The molecule has 0 aliphatic carbocycles. The van der Waals surface area contributed by atoms with Crippen molar-refractivity contribution >= 4 is 17.3 Å². The number of ether oxygens (including phenoxy) is 1. The van der Waals surface area contributed by atoms with Crippen LogP contribution in [0.3, 0.4) is 0 Å². The summed E-state index contributed by atoms with van der Waals surface area (Å²) < 4.78 is 5.55. The lowest BCUT2D eigenvalue weighted by Crippen LogP contribution is -2.32. The van der Waals surface area contributed by atoms with Crippen LogP contribution in [0.15, 0.2) is 48.5 Å². The standard InChI is InChI=1S/C22H28N2O2/c1-3-16-26-21-10-4-18(5-11-21)22(25)23-19-6-8-20(9-7-19)24-14-12-17(2)13-15-24/h4-11,17H,3,12-16H2,1-2H3,(H,23,25). The van der Waals surface area contributed by atoms with Crippen LogP contribution in [0.25, 0.3) is 0 Å². The molecule has 26 heavy (non-hydrogen) atoms. The summed E-state index contributed by atoms with van der Waals surface area (Å²) >= 11 is 0. The minimum absolute atomic E-state index is 0.105. The molecular weight excluding hydrogens is 324 g/mol. The van der Waals surface area contributed by atoms with Gasteiger partial charge >= 0.3 is 0 Å². The normalized spacial score (nSPS) is 14.9. The summed E-state index contributed by atoms with van der Waals surface area (Å²) in [5.41, 5.74) is 2.67. The summed E-state index contributed by atoms with van der Waals surface area (Å²) in [5, 5.41) is 2.96. The maximum Gasteiger partial charge on any atom is 0.255 e. The van der Waals surface area contributed by atoms with Crippen LogP contribution in [0.2, 0.25) is 0 Å². The van der Waals surface area contributed by atoms with Crippen molar-refractivity contribution < 1.29 is 9.53 Å². The SMILES string of the molecule is CCCOc1ccc(C(=O)Nc2ccc(N3CCC(C)CC3)cc2)cc1. The Kier molecular flexibility index (Phi) is 6.16. The molecule has 1 fully saturated rings. The molecule has 4 heteroatoms. The first-order chi connectivity index (χ1) is 12.7. The Morgan fingerprint density at radius 3 is 2.35 bits per heavy atom. The van der Waals surface area contributed by atoms with E-state index in [4.69, 9.17) is 4.74 Å². The van der Waals surface area contributed by atoms with E-state index in [9.17, 15) is 4.79 Å². The van der Waals surface area contributed by atoms with Crippen molar-refractivity contribution in [3.8, 4) is 5.75 Å². The fraction of sp³-hybridized carbons (Fsp3) is 0.409. The number of benzene rings is 2. The molecule has 3 rings (SSSR count). The quantitative estimate of drug-likeness (QED) is 0.798. The van der Waals surface area contributed by atoms with E-state index >= 15 is 0 Å². The Balaban J connectivity index is 1.57. The lowest BCUT2D eigenvalue weighted by atomic mass is 9.99. The molecule has 0 bridgehead atoms. The first-order valence-corrected chi connectivity index (χ1v) is 9.55. The number of hydrogen-bond acceptors (Lipinski definition) is 3. The fourth-order valence-corrected chi connectivity index (χ4v) is 3.15. The smallest absolute Gasteiger partial charge is 0.255 e. The molecule has 1 aliphatic heterocycles. The van der Waals surface area contributed by atoms with Gasteiger partial charge in [-0.25, -0.2) is 0 Å². The molecule has 1 N–H and O–H groups in total. The van der Waals surface area contributed by atoms with E-state index in [1.807, 2.05) is 24.3 Å². The molecule has 4 nitrogen and oxygen atoms in total. The predicted molar refractivity (Wildman–Crippen MR) is 107 cm³/mol. The van der Waals surface area contributed by atoms with Crippen LogP contribution in [-0.4, -0.2) is 25.6 Å². The van der Waals surface area contributed by atoms with Crippen LogP contribution in [0.1, 0.15) is 43.5 Å². The summed E-state index contributed by atoms with van der Waals surface area (Å²) in [7, 11) is 0. The van der Waals surface area contributed by atoms with Crippen LogP contribution >= 0.6 is 0 Å². The van der Waals surface area contributed by atoms with Crippen molar-refractivity contribution in [2.45, 2.75) is 33.1 Å². The second kappa shape index (κ2) is 8.75. The van der Waals surface area contributed by atoms with E-state index in [-0.39, 0.29) is 5.91 Å². The van der Waals surface area contributed by atoms with Gasteiger partial charge in [0.25, 0.3) is 5.91 Å². The second-order valence-corrected chi connectivity index (χ2v) is 7.04. The topological polar surface area (TPSA) is 41.6 Å². The fourth-order valence-electron chi connectivity index (χ4n) is 3.15. The molecule has 1 saturated heterocycles. The third-order valence-corrected chi connectivity index (χ3v) is 4.86. The van der Waals surface area contributed by atoms with Crippen molar-refractivity contribution in [2.75, 3.05) is 29.9 Å². The van der Waals surface area contributed by atoms with Gasteiger partial charge in [0.05, 0.1) is 6.61 Å². The molecule has 1 amide bonds. The number of anilines is 2. The van der Waals surface area contributed by atoms with Gasteiger partial charge in [0, 0.05) is 30.0 Å². The van der Waals surface area contributed by atoms with E-state index in [0.29, 0.717) is 12.2 Å². The zero-order chi connectivity index (χ0) is 18.4.